The van der Waals surface area contributed by atoms with Crippen molar-refractivity contribution >= 4 is 0 Å². The van der Waals surface area contributed by atoms with Gasteiger partial charge in [-0.2, -0.15) is 0 Å². The van der Waals surface area contributed by atoms with Gasteiger partial charge in [-0.15, -0.1) is 0 Å². The van der Waals surface area contributed by atoms with Crippen molar-refractivity contribution in [1.29, 1.82) is 0 Å². The maximum absolute atomic E-state index is 4.61. The van der Waals surface area contributed by atoms with E-state index in [0.29, 0.717) is 29.6 Å². The molecule has 0 heterocycles. The van der Waals surface area contributed by atoms with Crippen LogP contribution in [-0.2, 0) is 0 Å². The lowest BCUT2D eigenvalue weighted by molar-refractivity contribution is 0.513. The fraction of sp³-hybridized carbons (Fsp3) is 0.579. The number of allylic oxidation sites excluding steroid dienone is 15. The first-order valence-electron chi connectivity index (χ1n) is 15.5. The van der Waals surface area contributed by atoms with E-state index >= 15 is 0 Å². The van der Waals surface area contributed by atoms with Crippen LogP contribution in [0.15, 0.2) is 94.2 Å². The molecule has 0 saturated carbocycles. The molecule has 0 N–H and O–H groups in total. The predicted molar refractivity (Wildman–Crippen MR) is 172 cm³/mol. The zero-order valence-corrected chi connectivity index (χ0v) is 26.4. The zero-order valence-electron chi connectivity index (χ0n) is 26.4. The molecule has 210 valence electrons. The maximum Gasteiger partial charge on any atom is 0.00145 e. The second kappa shape index (κ2) is 16.1. The van der Waals surface area contributed by atoms with Crippen molar-refractivity contribution in [1.82, 2.24) is 0 Å². The van der Waals surface area contributed by atoms with Crippen LogP contribution in [0.25, 0.3) is 0 Å². The largest absolute Gasteiger partial charge is 0.0987 e. The Kier molecular flexibility index (Phi) is 13.6. The van der Waals surface area contributed by atoms with E-state index in [1.165, 1.54) is 54.4 Å². The molecule has 0 bridgehead atoms. The molecule has 0 radical (unpaired) electrons. The van der Waals surface area contributed by atoms with Gasteiger partial charge in [-0.05, 0) is 89.4 Å². The van der Waals surface area contributed by atoms with Crippen molar-refractivity contribution in [3.8, 4) is 0 Å². The molecule has 0 aromatic carbocycles. The first-order valence-corrected chi connectivity index (χ1v) is 15.5. The summed E-state index contributed by atoms with van der Waals surface area (Å²) < 4.78 is 0. The highest BCUT2D eigenvalue weighted by atomic mass is 14.2. The minimum absolute atomic E-state index is 0.390. The second-order valence-corrected chi connectivity index (χ2v) is 12.7. The molecule has 2 rings (SSSR count). The molecular weight excluding hydrogens is 456 g/mol. The smallest absolute Gasteiger partial charge is 0.00145 e. The molecule has 0 aromatic rings. The molecule has 4 unspecified atom stereocenters. The van der Waals surface area contributed by atoms with E-state index in [1.54, 1.807) is 16.7 Å². The van der Waals surface area contributed by atoms with Crippen LogP contribution in [0.5, 0.6) is 0 Å². The summed E-state index contributed by atoms with van der Waals surface area (Å²) in [4.78, 5) is 0. The van der Waals surface area contributed by atoms with Crippen LogP contribution in [0.4, 0.5) is 0 Å². The van der Waals surface area contributed by atoms with E-state index in [4.69, 9.17) is 0 Å². The molecule has 4 atom stereocenters. The Hall–Kier alpha value is -2.08. The van der Waals surface area contributed by atoms with Gasteiger partial charge in [0.2, 0.25) is 0 Å². The Morgan fingerprint density at radius 3 is 2.42 bits per heavy atom. The monoisotopic (exact) mass is 514 g/mol. The van der Waals surface area contributed by atoms with Crippen molar-refractivity contribution in [2.45, 2.75) is 114 Å². The zero-order chi connectivity index (χ0) is 28.2. The fourth-order valence-corrected chi connectivity index (χ4v) is 5.63. The van der Waals surface area contributed by atoms with Gasteiger partial charge in [0.15, 0.2) is 0 Å². The molecule has 0 saturated heterocycles. The summed E-state index contributed by atoms with van der Waals surface area (Å²) >= 11 is 0. The third-order valence-corrected chi connectivity index (χ3v) is 8.73. The minimum atomic E-state index is 0.390. The van der Waals surface area contributed by atoms with Crippen LogP contribution in [-0.4, -0.2) is 0 Å². The van der Waals surface area contributed by atoms with Crippen LogP contribution in [0.1, 0.15) is 114 Å². The summed E-state index contributed by atoms with van der Waals surface area (Å²) in [6, 6.07) is 0. The van der Waals surface area contributed by atoms with Gasteiger partial charge in [0, 0.05) is 5.92 Å². The van der Waals surface area contributed by atoms with E-state index in [-0.39, 0.29) is 0 Å². The lowest BCUT2D eigenvalue weighted by Crippen LogP contribution is -2.09. The minimum Gasteiger partial charge on any atom is -0.0987 e. The molecule has 0 heteroatoms. The second-order valence-electron chi connectivity index (χ2n) is 12.7. The summed E-state index contributed by atoms with van der Waals surface area (Å²) in [6.07, 6.45) is 28.5. The molecule has 0 nitrogen and oxygen atoms in total. The molecule has 0 amide bonds. The third-order valence-electron chi connectivity index (χ3n) is 8.73. The lowest BCUT2D eigenvalue weighted by atomic mass is 9.82. The maximum atomic E-state index is 4.61. The van der Waals surface area contributed by atoms with Crippen LogP contribution >= 0.6 is 0 Å². The van der Waals surface area contributed by atoms with Gasteiger partial charge in [-0.25, -0.2) is 0 Å². The average molecular weight is 515 g/mol. The lowest BCUT2D eigenvalue weighted by Gasteiger charge is -2.23. The van der Waals surface area contributed by atoms with Crippen LogP contribution in [0, 0.1) is 29.6 Å². The molecule has 38 heavy (non-hydrogen) atoms. The summed E-state index contributed by atoms with van der Waals surface area (Å²) in [5.74, 6) is 2.62. The molecule has 0 fully saturated rings. The van der Waals surface area contributed by atoms with E-state index in [0.717, 1.165) is 19.3 Å². The molecule has 2 aliphatic carbocycles. The number of rotatable bonds is 13. The van der Waals surface area contributed by atoms with Gasteiger partial charge in [-0.3, -0.25) is 0 Å². The van der Waals surface area contributed by atoms with Crippen molar-refractivity contribution < 1.29 is 0 Å². The van der Waals surface area contributed by atoms with Crippen molar-refractivity contribution in [2.24, 2.45) is 29.6 Å². The highest BCUT2D eigenvalue weighted by molar-refractivity contribution is 5.38. The van der Waals surface area contributed by atoms with Gasteiger partial charge < -0.3 is 0 Å². The Morgan fingerprint density at radius 2 is 1.74 bits per heavy atom. The van der Waals surface area contributed by atoms with E-state index < -0.39 is 0 Å². The van der Waals surface area contributed by atoms with Gasteiger partial charge in [0.05, 0.1) is 0 Å². The SMILES string of the molecule is C=C(C(C)C=C(CC(=CCCC)C(C)C)CC(C)CCC1=C(C)C=CC(C)=C(C)C1)C1C=CC(C)C=CC1. The Balaban J connectivity index is 2.20. The van der Waals surface area contributed by atoms with E-state index in [1.807, 2.05) is 0 Å². The molecule has 0 aromatic heterocycles. The molecule has 2 aliphatic rings. The standard InChI is InChI=1S/C38H58/c1-11-12-15-37(27(2)3)26-35(24-33(9)34(10)36-16-13-14-28(4)17-21-36)23-29(5)18-22-38-25-32(8)30(6)19-20-31(38)7/h13-15,17,19-21,24,27-29,33,36H,10-12,16,18,22-23,25-26H2,1-9H3. The number of hydrogen-bond donors (Lipinski definition) is 0. The molecular formula is C38H58. The fourth-order valence-electron chi connectivity index (χ4n) is 5.63. The summed E-state index contributed by atoms with van der Waals surface area (Å²) in [5.41, 5.74) is 10.6. The topological polar surface area (TPSA) is 0 Å². The van der Waals surface area contributed by atoms with Crippen LogP contribution in [0.3, 0.4) is 0 Å². The highest BCUT2D eigenvalue weighted by Crippen LogP contribution is 2.33. The number of unbranched alkanes of at least 4 members (excludes halogenated alkanes) is 1. The van der Waals surface area contributed by atoms with Gasteiger partial charge >= 0.3 is 0 Å². The van der Waals surface area contributed by atoms with Crippen molar-refractivity contribution in [3.05, 3.63) is 94.2 Å². The first-order chi connectivity index (χ1) is 18.0. The van der Waals surface area contributed by atoms with Gasteiger partial charge in [0.25, 0.3) is 0 Å². The quantitative estimate of drug-likeness (QED) is 0.214. The van der Waals surface area contributed by atoms with Crippen LogP contribution < -0.4 is 0 Å². The normalized spacial score (nSPS) is 22.7. The first kappa shape index (κ1) is 32.1. The number of hydrogen-bond acceptors (Lipinski definition) is 0. The van der Waals surface area contributed by atoms with E-state index in [2.05, 4.69) is 118 Å². The van der Waals surface area contributed by atoms with Crippen LogP contribution in [0.2, 0.25) is 0 Å². The molecule has 0 spiro atoms. The summed E-state index contributed by atoms with van der Waals surface area (Å²) in [5, 5.41) is 0. The summed E-state index contributed by atoms with van der Waals surface area (Å²) in [6.45, 7) is 25.6. The van der Waals surface area contributed by atoms with Gasteiger partial charge in [-0.1, -0.05) is 142 Å². The Bertz CT molecular complexity index is 997. The Labute approximate surface area is 237 Å². The molecule has 0 aliphatic heterocycles. The van der Waals surface area contributed by atoms with E-state index in [9.17, 15) is 0 Å². The van der Waals surface area contributed by atoms with Crippen molar-refractivity contribution in [3.63, 3.8) is 0 Å². The van der Waals surface area contributed by atoms with Gasteiger partial charge in [0.1, 0.15) is 0 Å². The summed E-state index contributed by atoms with van der Waals surface area (Å²) in [7, 11) is 0. The predicted octanol–water partition coefficient (Wildman–Crippen LogP) is 12.1. The third kappa shape index (κ3) is 10.6. The average Bonchev–Trinajstić information content (AvgIpc) is 3.16. The Morgan fingerprint density at radius 1 is 1.03 bits per heavy atom. The van der Waals surface area contributed by atoms with Crippen molar-refractivity contribution in [2.75, 3.05) is 0 Å². The highest BCUT2D eigenvalue weighted by Gasteiger charge is 2.18.